The summed E-state index contributed by atoms with van der Waals surface area (Å²) in [4.78, 5) is 11.0. The number of carbonyl (C=O) groups excluding carboxylic acids is 1. The van der Waals surface area contributed by atoms with Crippen LogP contribution in [0.5, 0.6) is 5.75 Å². The number of hydrogen-bond donors (Lipinski definition) is 0. The minimum atomic E-state index is -0.803. The Balaban J connectivity index is 2.95. The van der Waals surface area contributed by atoms with Crippen LogP contribution in [0, 0.1) is 11.6 Å². The molecule has 5 heteroatoms. The van der Waals surface area contributed by atoms with Gasteiger partial charge in [-0.25, -0.2) is 13.6 Å². The number of carbonyl (C=O) groups is 1. The van der Waals surface area contributed by atoms with E-state index in [2.05, 4.69) is 4.74 Å². The lowest BCUT2D eigenvalue weighted by Gasteiger charge is -2.03. The van der Waals surface area contributed by atoms with Gasteiger partial charge in [0.2, 0.25) is 0 Å². The van der Waals surface area contributed by atoms with Gasteiger partial charge in [0.15, 0.2) is 0 Å². The molecule has 0 fully saturated rings. The van der Waals surface area contributed by atoms with Gasteiger partial charge in [0.1, 0.15) is 17.4 Å². The molecular weight excluding hydrogens is 230 g/mol. The molecule has 0 N–H and O–H groups in total. The summed E-state index contributed by atoms with van der Waals surface area (Å²) in [5.74, 6) is -2.18. The number of esters is 1. The van der Waals surface area contributed by atoms with Crippen molar-refractivity contribution in [3.05, 3.63) is 35.4 Å². The molecule has 0 aliphatic heterocycles. The largest absolute Gasteiger partial charge is 0.497 e. The second-order valence-electron chi connectivity index (χ2n) is 3.09. The average molecular weight is 242 g/mol. The van der Waals surface area contributed by atoms with E-state index in [4.69, 9.17) is 4.74 Å². The van der Waals surface area contributed by atoms with Gasteiger partial charge in [-0.2, -0.15) is 0 Å². The normalized spacial score (nSPS) is 10.6. The van der Waals surface area contributed by atoms with E-state index in [0.29, 0.717) is 0 Å². The molecule has 1 rings (SSSR count). The highest BCUT2D eigenvalue weighted by molar-refractivity contribution is 5.87. The van der Waals surface area contributed by atoms with E-state index in [1.54, 1.807) is 6.92 Å². The van der Waals surface area contributed by atoms with Gasteiger partial charge in [-0.1, -0.05) is 0 Å². The lowest BCUT2D eigenvalue weighted by Crippen LogP contribution is -1.99. The fourth-order valence-corrected chi connectivity index (χ4v) is 1.18. The predicted octanol–water partition coefficient (Wildman–Crippen LogP) is 2.55. The molecule has 0 aliphatic rings. The Morgan fingerprint density at radius 1 is 1.35 bits per heavy atom. The van der Waals surface area contributed by atoms with E-state index >= 15 is 0 Å². The molecule has 0 atom stereocenters. The fraction of sp³-hybridized carbons (Fsp3) is 0.250. The van der Waals surface area contributed by atoms with Crippen LogP contribution in [0.15, 0.2) is 18.2 Å². The van der Waals surface area contributed by atoms with Crippen LogP contribution < -0.4 is 4.74 Å². The topological polar surface area (TPSA) is 35.5 Å². The number of hydrogen-bond acceptors (Lipinski definition) is 3. The SMILES string of the molecule is CCOC(=O)/C=C/c1c(F)cc(OC)cc1F. The smallest absolute Gasteiger partial charge is 0.330 e. The van der Waals surface area contributed by atoms with Gasteiger partial charge in [-0.05, 0) is 13.0 Å². The lowest BCUT2D eigenvalue weighted by atomic mass is 10.1. The third-order valence-corrected chi connectivity index (χ3v) is 1.96. The van der Waals surface area contributed by atoms with Gasteiger partial charge >= 0.3 is 5.97 Å². The van der Waals surface area contributed by atoms with E-state index in [9.17, 15) is 13.6 Å². The van der Waals surface area contributed by atoms with Crippen molar-refractivity contribution in [1.29, 1.82) is 0 Å². The number of ether oxygens (including phenoxy) is 2. The van der Waals surface area contributed by atoms with Gasteiger partial charge < -0.3 is 9.47 Å². The summed E-state index contributed by atoms with van der Waals surface area (Å²) < 4.78 is 36.1. The molecule has 0 aromatic heterocycles. The summed E-state index contributed by atoms with van der Waals surface area (Å²) in [5, 5.41) is 0. The molecule has 1 aromatic rings. The molecule has 17 heavy (non-hydrogen) atoms. The third-order valence-electron chi connectivity index (χ3n) is 1.96. The van der Waals surface area contributed by atoms with Crippen molar-refractivity contribution < 1.29 is 23.0 Å². The van der Waals surface area contributed by atoms with E-state index in [-0.39, 0.29) is 17.9 Å². The highest BCUT2D eigenvalue weighted by Crippen LogP contribution is 2.21. The van der Waals surface area contributed by atoms with Crippen LogP contribution in [0.3, 0.4) is 0 Å². The van der Waals surface area contributed by atoms with Crippen molar-refractivity contribution in [3.63, 3.8) is 0 Å². The van der Waals surface area contributed by atoms with Crippen molar-refractivity contribution in [2.75, 3.05) is 13.7 Å². The predicted molar refractivity (Wildman–Crippen MR) is 58.6 cm³/mol. The summed E-state index contributed by atoms with van der Waals surface area (Å²) >= 11 is 0. The first-order chi connectivity index (χ1) is 8.08. The number of methoxy groups -OCH3 is 1. The maximum Gasteiger partial charge on any atom is 0.330 e. The van der Waals surface area contributed by atoms with Crippen LogP contribution >= 0.6 is 0 Å². The Morgan fingerprint density at radius 2 is 1.94 bits per heavy atom. The molecule has 1 aromatic carbocycles. The summed E-state index contributed by atoms with van der Waals surface area (Å²) in [6, 6.07) is 2.07. The van der Waals surface area contributed by atoms with Crippen LogP contribution in [0.2, 0.25) is 0 Å². The molecule has 0 heterocycles. The molecule has 0 spiro atoms. The van der Waals surface area contributed by atoms with Crippen molar-refractivity contribution in [1.82, 2.24) is 0 Å². The molecule has 0 bridgehead atoms. The summed E-state index contributed by atoms with van der Waals surface area (Å²) in [5.41, 5.74) is -0.307. The van der Waals surface area contributed by atoms with Crippen molar-refractivity contribution in [2.45, 2.75) is 6.92 Å². The van der Waals surface area contributed by atoms with Crippen LogP contribution in [0.25, 0.3) is 6.08 Å². The quantitative estimate of drug-likeness (QED) is 0.601. The van der Waals surface area contributed by atoms with Crippen molar-refractivity contribution in [2.24, 2.45) is 0 Å². The lowest BCUT2D eigenvalue weighted by molar-refractivity contribution is -0.137. The monoisotopic (exact) mass is 242 g/mol. The van der Waals surface area contributed by atoms with Gasteiger partial charge in [0.05, 0.1) is 13.7 Å². The first-order valence-electron chi connectivity index (χ1n) is 4.96. The first-order valence-corrected chi connectivity index (χ1v) is 4.96. The Hall–Kier alpha value is -1.91. The first kappa shape index (κ1) is 13.2. The molecular formula is C12H12F2O3. The minimum Gasteiger partial charge on any atom is -0.497 e. The Kier molecular flexibility index (Phi) is 4.63. The minimum absolute atomic E-state index is 0.0771. The molecule has 0 radical (unpaired) electrons. The van der Waals surface area contributed by atoms with Crippen molar-refractivity contribution >= 4 is 12.0 Å². The van der Waals surface area contributed by atoms with Crippen LogP contribution in [-0.4, -0.2) is 19.7 Å². The molecule has 3 nitrogen and oxygen atoms in total. The Bertz CT molecular complexity index is 418. The molecule has 0 unspecified atom stereocenters. The maximum absolute atomic E-state index is 13.4. The highest BCUT2D eigenvalue weighted by Gasteiger charge is 2.09. The van der Waals surface area contributed by atoms with Gasteiger partial charge in [-0.3, -0.25) is 0 Å². The second-order valence-corrected chi connectivity index (χ2v) is 3.09. The fourth-order valence-electron chi connectivity index (χ4n) is 1.18. The maximum atomic E-state index is 13.4. The number of halogens is 2. The molecule has 0 aliphatic carbocycles. The van der Waals surface area contributed by atoms with Crippen LogP contribution in [0.1, 0.15) is 12.5 Å². The zero-order chi connectivity index (χ0) is 12.8. The van der Waals surface area contributed by atoms with Crippen LogP contribution in [-0.2, 0) is 9.53 Å². The summed E-state index contributed by atoms with van der Waals surface area (Å²) in [7, 11) is 1.31. The Labute approximate surface area is 97.7 Å². The summed E-state index contributed by atoms with van der Waals surface area (Å²) in [6.07, 6.45) is 2.00. The summed E-state index contributed by atoms with van der Waals surface area (Å²) in [6.45, 7) is 1.84. The Morgan fingerprint density at radius 3 is 2.41 bits per heavy atom. The number of rotatable bonds is 4. The van der Waals surface area contributed by atoms with Gasteiger partial charge in [0, 0.05) is 23.8 Å². The van der Waals surface area contributed by atoms with Crippen molar-refractivity contribution in [3.8, 4) is 5.75 Å². The van der Waals surface area contributed by atoms with Gasteiger partial charge in [0.25, 0.3) is 0 Å². The number of benzene rings is 1. The molecule has 0 saturated heterocycles. The average Bonchev–Trinajstić information content (AvgIpc) is 2.28. The molecule has 0 saturated carbocycles. The molecule has 92 valence electrons. The second kappa shape index (κ2) is 5.98. The third kappa shape index (κ3) is 3.55. The van der Waals surface area contributed by atoms with E-state index in [1.165, 1.54) is 7.11 Å². The van der Waals surface area contributed by atoms with E-state index < -0.39 is 17.6 Å². The standard InChI is InChI=1S/C12H12F2O3/c1-3-17-12(15)5-4-9-10(13)6-8(16-2)7-11(9)14/h4-7H,3H2,1-2H3/b5-4+. The van der Waals surface area contributed by atoms with Gasteiger partial charge in [-0.15, -0.1) is 0 Å². The highest BCUT2D eigenvalue weighted by atomic mass is 19.1. The zero-order valence-electron chi connectivity index (χ0n) is 9.50. The van der Waals surface area contributed by atoms with E-state index in [1.807, 2.05) is 0 Å². The van der Waals surface area contributed by atoms with Crippen LogP contribution in [0.4, 0.5) is 8.78 Å². The molecule has 0 amide bonds. The van der Waals surface area contributed by atoms with E-state index in [0.717, 1.165) is 24.3 Å². The zero-order valence-corrected chi connectivity index (χ0v) is 9.50.